The number of nitrogens with zero attached hydrogens (tertiary/aromatic N) is 3. The number of aromatic nitrogens is 4. The highest BCUT2D eigenvalue weighted by molar-refractivity contribution is 7.79. The maximum absolute atomic E-state index is 12.2. The quantitative estimate of drug-likeness (QED) is 0.492. The fourth-order valence-corrected chi connectivity index (χ4v) is 3.67. The van der Waals surface area contributed by atoms with Gasteiger partial charge >= 0.3 is 11.2 Å². The van der Waals surface area contributed by atoms with Gasteiger partial charge in [0.2, 0.25) is 0 Å². The Hall–Kier alpha value is -3.31. The highest BCUT2D eigenvalue weighted by Crippen LogP contribution is 2.39. The standard InChI is InChI=1S/C18H14N4O6S/c23-15-11-14(19-7-20-15)22(8-21-11)16-13-12(27-18(29)28-13)10(26-16)6-25-17(24)9-4-2-1-3-5-9/h1-5,7-8,10,12-13,16H,6H2,(H,19,20,23)/t10-,12+,13-,16-/m0/s1. The summed E-state index contributed by atoms with van der Waals surface area (Å²) in [4.78, 5) is 34.9. The number of aromatic amines is 1. The molecule has 0 amide bonds. The molecule has 0 unspecified atom stereocenters. The molecule has 148 valence electrons. The lowest BCUT2D eigenvalue weighted by atomic mass is 10.1. The van der Waals surface area contributed by atoms with Crippen molar-refractivity contribution in [3.63, 3.8) is 0 Å². The van der Waals surface area contributed by atoms with Gasteiger partial charge < -0.3 is 23.9 Å². The molecule has 2 aliphatic rings. The molecular formula is C18H14N4O6S. The van der Waals surface area contributed by atoms with E-state index in [1.165, 1.54) is 12.7 Å². The molecule has 3 aromatic rings. The molecule has 4 heterocycles. The predicted molar refractivity (Wildman–Crippen MR) is 101 cm³/mol. The Morgan fingerprint density at radius 1 is 1.21 bits per heavy atom. The lowest BCUT2D eigenvalue weighted by Crippen LogP contribution is -2.32. The Bertz CT molecular complexity index is 1150. The van der Waals surface area contributed by atoms with E-state index in [1.54, 1.807) is 28.8 Å². The third-order valence-corrected chi connectivity index (χ3v) is 4.97. The molecule has 1 aromatic carbocycles. The van der Waals surface area contributed by atoms with E-state index in [0.29, 0.717) is 11.2 Å². The highest BCUT2D eigenvalue weighted by atomic mass is 32.1. The van der Waals surface area contributed by atoms with Crippen LogP contribution >= 0.6 is 12.2 Å². The summed E-state index contributed by atoms with van der Waals surface area (Å²) in [5.41, 5.74) is 0.575. The minimum Gasteiger partial charge on any atom is -0.459 e. The van der Waals surface area contributed by atoms with E-state index in [-0.39, 0.29) is 22.9 Å². The van der Waals surface area contributed by atoms with Crippen LogP contribution in [-0.4, -0.2) is 55.6 Å². The number of hydrogen-bond donors (Lipinski definition) is 1. The highest BCUT2D eigenvalue weighted by Gasteiger charge is 2.54. The van der Waals surface area contributed by atoms with Crippen LogP contribution in [0.5, 0.6) is 0 Å². The van der Waals surface area contributed by atoms with Gasteiger partial charge in [-0.15, -0.1) is 0 Å². The van der Waals surface area contributed by atoms with Crippen molar-refractivity contribution in [2.45, 2.75) is 24.5 Å². The summed E-state index contributed by atoms with van der Waals surface area (Å²) in [5, 5.41) is -0.0112. The van der Waals surface area contributed by atoms with Gasteiger partial charge in [-0.3, -0.25) is 9.36 Å². The summed E-state index contributed by atoms with van der Waals surface area (Å²) in [6.45, 7) is -0.0575. The van der Waals surface area contributed by atoms with Crippen LogP contribution in [0.15, 0.2) is 47.8 Å². The van der Waals surface area contributed by atoms with Crippen molar-refractivity contribution >= 4 is 34.6 Å². The molecule has 0 saturated carbocycles. The van der Waals surface area contributed by atoms with Crippen molar-refractivity contribution in [2.24, 2.45) is 0 Å². The van der Waals surface area contributed by atoms with Gasteiger partial charge in [0.05, 0.1) is 18.2 Å². The second-order valence-corrected chi connectivity index (χ2v) is 6.83. The number of thiocarbonyl (C=S) groups is 1. The number of benzene rings is 1. The Labute approximate surface area is 168 Å². The van der Waals surface area contributed by atoms with Gasteiger partial charge in [-0.25, -0.2) is 14.8 Å². The molecule has 0 spiro atoms. The van der Waals surface area contributed by atoms with Gasteiger partial charge in [0.1, 0.15) is 12.7 Å². The monoisotopic (exact) mass is 414 g/mol. The molecule has 2 aromatic heterocycles. The normalized spacial score (nSPS) is 25.4. The van der Waals surface area contributed by atoms with Crippen molar-refractivity contribution in [1.82, 2.24) is 19.5 Å². The zero-order valence-electron chi connectivity index (χ0n) is 14.8. The summed E-state index contributed by atoms with van der Waals surface area (Å²) in [6.07, 6.45) is 0.220. The smallest absolute Gasteiger partial charge is 0.353 e. The van der Waals surface area contributed by atoms with Crippen molar-refractivity contribution in [1.29, 1.82) is 0 Å². The summed E-state index contributed by atoms with van der Waals surface area (Å²) in [6, 6.07) is 8.63. The first kappa shape index (κ1) is 17.8. The van der Waals surface area contributed by atoms with Crippen LogP contribution in [0.1, 0.15) is 16.6 Å². The summed E-state index contributed by atoms with van der Waals surface area (Å²) >= 11 is 5.03. The number of imidazole rings is 1. The fraction of sp³-hybridized carbons (Fsp3) is 0.278. The molecule has 11 heteroatoms. The molecule has 2 saturated heterocycles. The topological polar surface area (TPSA) is 118 Å². The number of carbonyl (C=O) groups excluding carboxylic acids is 1. The van der Waals surface area contributed by atoms with Crippen molar-refractivity contribution in [2.75, 3.05) is 6.61 Å². The maximum atomic E-state index is 12.2. The van der Waals surface area contributed by atoms with Crippen LogP contribution in [-0.2, 0) is 18.9 Å². The second-order valence-electron chi connectivity index (χ2n) is 6.50. The molecule has 4 atom stereocenters. The minimum atomic E-state index is -0.708. The van der Waals surface area contributed by atoms with Crippen LogP contribution in [0.25, 0.3) is 11.2 Å². The van der Waals surface area contributed by atoms with E-state index in [0.717, 1.165) is 0 Å². The van der Waals surface area contributed by atoms with E-state index >= 15 is 0 Å². The summed E-state index contributed by atoms with van der Waals surface area (Å²) in [5.74, 6) is -0.475. The zero-order chi connectivity index (χ0) is 20.0. The molecule has 1 N–H and O–H groups in total. The number of H-pyrrole nitrogens is 1. The van der Waals surface area contributed by atoms with Gasteiger partial charge in [0.15, 0.2) is 29.6 Å². The molecule has 2 aliphatic heterocycles. The van der Waals surface area contributed by atoms with Gasteiger partial charge in [-0.1, -0.05) is 18.2 Å². The van der Waals surface area contributed by atoms with E-state index in [1.807, 2.05) is 6.07 Å². The van der Waals surface area contributed by atoms with Crippen molar-refractivity contribution < 1.29 is 23.7 Å². The molecular weight excluding hydrogens is 400 g/mol. The zero-order valence-corrected chi connectivity index (χ0v) is 15.6. The molecule has 0 bridgehead atoms. The van der Waals surface area contributed by atoms with E-state index < -0.39 is 30.5 Å². The van der Waals surface area contributed by atoms with E-state index in [9.17, 15) is 9.59 Å². The first-order chi connectivity index (χ1) is 14.1. The Balaban J connectivity index is 1.39. The number of fused-ring (bicyclic) bond motifs is 2. The average Bonchev–Trinajstić information content (AvgIpc) is 3.41. The largest absolute Gasteiger partial charge is 0.459 e. The van der Waals surface area contributed by atoms with Gasteiger partial charge in [0, 0.05) is 12.2 Å². The van der Waals surface area contributed by atoms with E-state index in [4.69, 9.17) is 31.2 Å². The Morgan fingerprint density at radius 3 is 2.83 bits per heavy atom. The Kier molecular flexibility index (Phi) is 4.25. The first-order valence-corrected chi connectivity index (χ1v) is 9.18. The number of nitrogens with one attached hydrogen (secondary N) is 1. The summed E-state index contributed by atoms with van der Waals surface area (Å²) < 4.78 is 24.2. The number of esters is 1. The number of hydrogen-bond acceptors (Lipinski definition) is 9. The Morgan fingerprint density at radius 2 is 2.00 bits per heavy atom. The minimum absolute atomic E-state index is 0.0112. The van der Waals surface area contributed by atoms with Crippen molar-refractivity contribution in [3.05, 3.63) is 58.9 Å². The number of ether oxygens (including phenoxy) is 4. The lowest BCUT2D eigenvalue weighted by molar-refractivity contribution is -0.0648. The van der Waals surface area contributed by atoms with Crippen LogP contribution in [0.4, 0.5) is 0 Å². The van der Waals surface area contributed by atoms with Gasteiger partial charge in [-0.2, -0.15) is 0 Å². The van der Waals surface area contributed by atoms with Gasteiger partial charge in [-0.05, 0) is 12.1 Å². The van der Waals surface area contributed by atoms with Crippen molar-refractivity contribution in [3.8, 4) is 0 Å². The third kappa shape index (κ3) is 3.04. The third-order valence-electron chi connectivity index (χ3n) is 4.78. The molecule has 0 aliphatic carbocycles. The maximum Gasteiger partial charge on any atom is 0.353 e. The SMILES string of the molecule is O=C(OC[C@@H]1O[C@H](n2cnc3c(=O)[nH]cnc32)[C@H]2OC(=S)O[C@@H]21)c1ccccc1. The molecule has 2 fully saturated rings. The van der Waals surface area contributed by atoms with Gasteiger partial charge in [0.25, 0.3) is 5.56 Å². The fourth-order valence-electron chi connectivity index (χ4n) is 3.45. The first-order valence-electron chi connectivity index (χ1n) is 8.77. The van der Waals surface area contributed by atoms with Crippen LogP contribution in [0.2, 0.25) is 0 Å². The molecule has 5 rings (SSSR count). The van der Waals surface area contributed by atoms with Crippen LogP contribution in [0, 0.1) is 0 Å². The lowest BCUT2D eigenvalue weighted by Gasteiger charge is -2.18. The second kappa shape index (κ2) is 6.94. The predicted octanol–water partition coefficient (Wildman–Crippen LogP) is 0.943. The summed E-state index contributed by atoms with van der Waals surface area (Å²) in [7, 11) is 0. The average molecular weight is 414 g/mol. The number of rotatable bonds is 4. The van der Waals surface area contributed by atoms with Crippen LogP contribution in [0.3, 0.4) is 0 Å². The number of carbonyl (C=O) groups is 1. The molecule has 29 heavy (non-hydrogen) atoms. The van der Waals surface area contributed by atoms with E-state index in [2.05, 4.69) is 15.0 Å². The molecule has 10 nitrogen and oxygen atoms in total. The molecule has 0 radical (unpaired) electrons. The van der Waals surface area contributed by atoms with Crippen LogP contribution < -0.4 is 5.56 Å².